The highest BCUT2D eigenvalue weighted by atomic mass is 32.1. The highest BCUT2D eigenvalue weighted by molar-refractivity contribution is 7.10. The Morgan fingerprint density at radius 2 is 2.30 bits per heavy atom. The molecule has 5 heteroatoms. The predicted octanol–water partition coefficient (Wildman–Crippen LogP) is 2.20. The molecule has 0 bridgehead atoms. The summed E-state index contributed by atoms with van der Waals surface area (Å²) in [6.45, 7) is 3.35. The standard InChI is InChI=1S/C15H22N2O2S/c1-2-16-14(18)10-12-6-3-4-8-17(12)15(19)11-13-7-5-9-20-13/h5,7,9,12H,2-4,6,8,10-11H2,1H3,(H,16,18). The van der Waals surface area contributed by atoms with Crippen LogP contribution in [-0.4, -0.2) is 35.8 Å². The smallest absolute Gasteiger partial charge is 0.228 e. The van der Waals surface area contributed by atoms with E-state index in [1.165, 1.54) is 0 Å². The van der Waals surface area contributed by atoms with Crippen molar-refractivity contribution in [2.75, 3.05) is 13.1 Å². The first kappa shape index (κ1) is 15.0. The van der Waals surface area contributed by atoms with Gasteiger partial charge >= 0.3 is 0 Å². The molecule has 4 nitrogen and oxygen atoms in total. The van der Waals surface area contributed by atoms with E-state index >= 15 is 0 Å². The summed E-state index contributed by atoms with van der Waals surface area (Å²) in [4.78, 5) is 27.2. The first-order chi connectivity index (χ1) is 9.70. The summed E-state index contributed by atoms with van der Waals surface area (Å²) in [5.41, 5.74) is 0. The molecule has 0 radical (unpaired) electrons. The summed E-state index contributed by atoms with van der Waals surface area (Å²) in [6.07, 6.45) is 3.98. The highest BCUT2D eigenvalue weighted by Gasteiger charge is 2.28. The lowest BCUT2D eigenvalue weighted by atomic mass is 9.98. The van der Waals surface area contributed by atoms with Crippen molar-refractivity contribution < 1.29 is 9.59 Å². The number of nitrogens with one attached hydrogen (secondary N) is 1. The molecule has 2 rings (SSSR count). The van der Waals surface area contributed by atoms with Gasteiger partial charge < -0.3 is 10.2 Å². The molecule has 1 aromatic rings. The number of hydrogen-bond donors (Lipinski definition) is 1. The Balaban J connectivity index is 1.95. The maximum Gasteiger partial charge on any atom is 0.228 e. The van der Waals surface area contributed by atoms with Gasteiger partial charge in [-0.2, -0.15) is 0 Å². The van der Waals surface area contributed by atoms with E-state index in [4.69, 9.17) is 0 Å². The van der Waals surface area contributed by atoms with Crippen LogP contribution in [0.15, 0.2) is 17.5 Å². The number of rotatable bonds is 5. The van der Waals surface area contributed by atoms with Gasteiger partial charge in [0.05, 0.1) is 6.42 Å². The molecular formula is C15H22N2O2S. The van der Waals surface area contributed by atoms with Crippen molar-refractivity contribution in [2.24, 2.45) is 0 Å². The number of carbonyl (C=O) groups excluding carboxylic acids is 2. The Kier molecular flexibility index (Phi) is 5.59. The highest BCUT2D eigenvalue weighted by Crippen LogP contribution is 2.21. The van der Waals surface area contributed by atoms with Gasteiger partial charge in [-0.3, -0.25) is 9.59 Å². The summed E-state index contributed by atoms with van der Waals surface area (Å²) in [7, 11) is 0. The quantitative estimate of drug-likeness (QED) is 0.905. The number of thiophene rings is 1. The van der Waals surface area contributed by atoms with Crippen molar-refractivity contribution in [2.45, 2.75) is 45.1 Å². The molecule has 1 aliphatic heterocycles. The van der Waals surface area contributed by atoms with Crippen LogP contribution >= 0.6 is 11.3 Å². The van der Waals surface area contributed by atoms with Crippen molar-refractivity contribution in [3.63, 3.8) is 0 Å². The third-order valence-corrected chi connectivity index (χ3v) is 4.52. The minimum atomic E-state index is 0.0494. The number of hydrogen-bond acceptors (Lipinski definition) is 3. The van der Waals surface area contributed by atoms with E-state index in [1.54, 1.807) is 11.3 Å². The molecule has 0 aliphatic carbocycles. The second-order valence-electron chi connectivity index (χ2n) is 5.15. The molecule has 2 amide bonds. The van der Waals surface area contributed by atoms with Crippen molar-refractivity contribution >= 4 is 23.2 Å². The monoisotopic (exact) mass is 294 g/mol. The number of amides is 2. The predicted molar refractivity (Wildman–Crippen MR) is 80.7 cm³/mol. The maximum absolute atomic E-state index is 12.4. The molecule has 0 aromatic carbocycles. The van der Waals surface area contributed by atoms with Gasteiger partial charge in [0, 0.05) is 30.4 Å². The number of carbonyl (C=O) groups is 2. The molecule has 1 aromatic heterocycles. The largest absolute Gasteiger partial charge is 0.356 e. The fourth-order valence-corrected chi connectivity index (χ4v) is 3.38. The van der Waals surface area contributed by atoms with Crippen LogP contribution in [0.5, 0.6) is 0 Å². The lowest BCUT2D eigenvalue weighted by molar-refractivity contribution is -0.135. The molecule has 1 unspecified atom stereocenters. The van der Waals surface area contributed by atoms with Crippen molar-refractivity contribution in [1.29, 1.82) is 0 Å². The van der Waals surface area contributed by atoms with Crippen LogP contribution in [-0.2, 0) is 16.0 Å². The van der Waals surface area contributed by atoms with Crippen molar-refractivity contribution in [1.82, 2.24) is 10.2 Å². The molecule has 2 heterocycles. The molecule has 0 saturated carbocycles. The van der Waals surface area contributed by atoms with E-state index in [1.807, 2.05) is 29.3 Å². The van der Waals surface area contributed by atoms with Gasteiger partial charge in [-0.15, -0.1) is 11.3 Å². The third kappa shape index (κ3) is 4.07. The molecule has 1 aliphatic rings. The summed E-state index contributed by atoms with van der Waals surface area (Å²) in [6, 6.07) is 4.03. The van der Waals surface area contributed by atoms with Crippen LogP contribution < -0.4 is 5.32 Å². The number of piperidine rings is 1. The van der Waals surface area contributed by atoms with Gasteiger partial charge in [-0.05, 0) is 37.6 Å². The van der Waals surface area contributed by atoms with Gasteiger partial charge in [-0.1, -0.05) is 6.07 Å². The molecule has 20 heavy (non-hydrogen) atoms. The SMILES string of the molecule is CCNC(=O)CC1CCCCN1C(=O)Cc1cccs1. The second kappa shape index (κ2) is 7.43. The van der Waals surface area contributed by atoms with E-state index in [-0.39, 0.29) is 17.9 Å². The van der Waals surface area contributed by atoms with Crippen LogP contribution in [0.2, 0.25) is 0 Å². The fourth-order valence-electron chi connectivity index (χ4n) is 2.69. The normalized spacial score (nSPS) is 18.9. The average molecular weight is 294 g/mol. The van der Waals surface area contributed by atoms with Crippen molar-refractivity contribution in [3.8, 4) is 0 Å². The van der Waals surface area contributed by atoms with E-state index in [0.717, 1.165) is 30.7 Å². The number of likely N-dealkylation sites (tertiary alicyclic amines) is 1. The molecule has 1 N–H and O–H groups in total. The summed E-state index contributed by atoms with van der Waals surface area (Å²) < 4.78 is 0. The zero-order valence-corrected chi connectivity index (χ0v) is 12.7. The minimum Gasteiger partial charge on any atom is -0.356 e. The Bertz CT molecular complexity index is 445. The zero-order valence-electron chi connectivity index (χ0n) is 11.9. The van der Waals surface area contributed by atoms with Crippen LogP contribution in [0, 0.1) is 0 Å². The number of nitrogens with zero attached hydrogens (tertiary/aromatic N) is 1. The van der Waals surface area contributed by atoms with Crippen molar-refractivity contribution in [3.05, 3.63) is 22.4 Å². The average Bonchev–Trinajstić information content (AvgIpc) is 2.92. The molecular weight excluding hydrogens is 272 g/mol. The van der Waals surface area contributed by atoms with E-state index < -0.39 is 0 Å². The first-order valence-electron chi connectivity index (χ1n) is 7.29. The van der Waals surface area contributed by atoms with E-state index in [2.05, 4.69) is 5.32 Å². The fraction of sp³-hybridized carbons (Fsp3) is 0.600. The lowest BCUT2D eigenvalue weighted by Gasteiger charge is -2.35. The van der Waals surface area contributed by atoms with Gasteiger partial charge in [0.15, 0.2) is 0 Å². The lowest BCUT2D eigenvalue weighted by Crippen LogP contribution is -2.46. The molecule has 1 fully saturated rings. The van der Waals surface area contributed by atoms with Crippen LogP contribution in [0.1, 0.15) is 37.5 Å². The van der Waals surface area contributed by atoms with Crippen LogP contribution in [0.3, 0.4) is 0 Å². The van der Waals surface area contributed by atoms with E-state index in [9.17, 15) is 9.59 Å². The molecule has 0 spiro atoms. The summed E-state index contributed by atoms with van der Waals surface area (Å²) in [5.74, 6) is 0.203. The molecule has 110 valence electrons. The van der Waals surface area contributed by atoms with Gasteiger partial charge in [-0.25, -0.2) is 0 Å². The van der Waals surface area contributed by atoms with Gasteiger partial charge in [0.1, 0.15) is 0 Å². The Morgan fingerprint density at radius 3 is 3.00 bits per heavy atom. The van der Waals surface area contributed by atoms with E-state index in [0.29, 0.717) is 19.4 Å². The van der Waals surface area contributed by atoms with Gasteiger partial charge in [0.2, 0.25) is 11.8 Å². The third-order valence-electron chi connectivity index (χ3n) is 3.65. The minimum absolute atomic E-state index is 0.0494. The summed E-state index contributed by atoms with van der Waals surface area (Å²) in [5, 5.41) is 4.81. The van der Waals surface area contributed by atoms with Crippen LogP contribution in [0.4, 0.5) is 0 Å². The van der Waals surface area contributed by atoms with Gasteiger partial charge in [0.25, 0.3) is 0 Å². The first-order valence-corrected chi connectivity index (χ1v) is 8.17. The maximum atomic E-state index is 12.4. The second-order valence-corrected chi connectivity index (χ2v) is 6.18. The molecule has 1 atom stereocenters. The topological polar surface area (TPSA) is 49.4 Å². The zero-order chi connectivity index (χ0) is 14.4. The van der Waals surface area contributed by atoms with Crippen LogP contribution in [0.25, 0.3) is 0 Å². The Morgan fingerprint density at radius 1 is 1.45 bits per heavy atom. The Hall–Kier alpha value is -1.36. The summed E-state index contributed by atoms with van der Waals surface area (Å²) >= 11 is 1.61. The Labute approximate surface area is 124 Å². The molecule has 1 saturated heterocycles.